The lowest BCUT2D eigenvalue weighted by molar-refractivity contribution is -0.139. The number of carbonyl (C=O) groups excluding carboxylic acids is 2. The van der Waals surface area contributed by atoms with Crippen molar-refractivity contribution in [1.29, 1.82) is 0 Å². The van der Waals surface area contributed by atoms with E-state index in [1.165, 1.54) is 4.90 Å². The van der Waals surface area contributed by atoms with Crippen LogP contribution in [0, 0.1) is 0 Å². The number of hydrogen-bond donors (Lipinski definition) is 1. The first-order valence-corrected chi connectivity index (χ1v) is 14.1. The minimum absolute atomic E-state index is 0.0261. The number of hydrogen-bond acceptors (Lipinski definition) is 4. The number of sulfonamides is 1. The highest BCUT2D eigenvalue weighted by Gasteiger charge is 2.31. The van der Waals surface area contributed by atoms with Crippen LogP contribution in [-0.2, 0) is 26.0 Å². The Morgan fingerprint density at radius 3 is 2.26 bits per heavy atom. The van der Waals surface area contributed by atoms with E-state index in [1.807, 2.05) is 51.1 Å². The predicted octanol–water partition coefficient (Wildman–Crippen LogP) is 3.98. The van der Waals surface area contributed by atoms with E-state index in [0.29, 0.717) is 29.5 Å². The molecule has 0 aliphatic carbocycles. The molecule has 2 rings (SSSR count). The number of nitrogens with one attached hydrogen (secondary N) is 1. The molecule has 0 saturated carbocycles. The van der Waals surface area contributed by atoms with Crippen molar-refractivity contribution in [2.45, 2.75) is 52.1 Å². The molecule has 0 heterocycles. The van der Waals surface area contributed by atoms with E-state index in [0.717, 1.165) is 22.5 Å². The fraction of sp³-hybridized carbons (Fsp3) is 0.440. The number of amides is 2. The summed E-state index contributed by atoms with van der Waals surface area (Å²) in [7, 11) is -3.74. The molecule has 0 aliphatic heterocycles. The maximum atomic E-state index is 13.6. The van der Waals surface area contributed by atoms with E-state index in [4.69, 9.17) is 0 Å². The molecule has 34 heavy (non-hydrogen) atoms. The van der Waals surface area contributed by atoms with Gasteiger partial charge in [-0.25, -0.2) is 8.42 Å². The van der Waals surface area contributed by atoms with Gasteiger partial charge in [-0.15, -0.1) is 0 Å². The summed E-state index contributed by atoms with van der Waals surface area (Å²) < 4.78 is 27.0. The van der Waals surface area contributed by atoms with Crippen molar-refractivity contribution in [3.63, 3.8) is 0 Å². The summed E-state index contributed by atoms with van der Waals surface area (Å²) in [6.07, 6.45) is 2.81. The first-order valence-electron chi connectivity index (χ1n) is 11.4. The molecule has 2 aromatic carbocycles. The van der Waals surface area contributed by atoms with Crippen LogP contribution in [0.5, 0.6) is 0 Å². The van der Waals surface area contributed by atoms with Crippen LogP contribution in [0.25, 0.3) is 0 Å². The fourth-order valence-corrected chi connectivity index (χ4v) is 4.81. The molecular weight excluding hydrogens is 518 g/mol. The van der Waals surface area contributed by atoms with E-state index in [-0.39, 0.29) is 11.9 Å². The van der Waals surface area contributed by atoms with Crippen LogP contribution in [-0.4, -0.2) is 56.6 Å². The number of halogens is 1. The van der Waals surface area contributed by atoms with Crippen molar-refractivity contribution < 1.29 is 18.0 Å². The molecule has 1 N–H and O–H groups in total. The summed E-state index contributed by atoms with van der Waals surface area (Å²) in [5.74, 6) is -0.654. The van der Waals surface area contributed by atoms with E-state index >= 15 is 0 Å². The monoisotopic (exact) mass is 551 g/mol. The molecule has 0 radical (unpaired) electrons. The second kappa shape index (κ2) is 12.9. The van der Waals surface area contributed by atoms with Crippen LogP contribution in [0.4, 0.5) is 5.69 Å². The third kappa shape index (κ3) is 8.13. The van der Waals surface area contributed by atoms with Gasteiger partial charge in [0.05, 0.1) is 11.9 Å². The summed E-state index contributed by atoms with van der Waals surface area (Å²) in [5.41, 5.74) is 1.41. The van der Waals surface area contributed by atoms with Crippen LogP contribution >= 0.6 is 15.9 Å². The number of benzene rings is 2. The quantitative estimate of drug-likeness (QED) is 0.432. The predicted molar refractivity (Wildman–Crippen MR) is 140 cm³/mol. The fourth-order valence-electron chi connectivity index (χ4n) is 3.58. The van der Waals surface area contributed by atoms with Gasteiger partial charge in [0.1, 0.15) is 12.6 Å². The number of anilines is 1. The average molecular weight is 553 g/mol. The van der Waals surface area contributed by atoms with Gasteiger partial charge in [-0.05, 0) is 49.9 Å². The van der Waals surface area contributed by atoms with Gasteiger partial charge in [-0.2, -0.15) is 0 Å². The molecule has 7 nitrogen and oxygen atoms in total. The van der Waals surface area contributed by atoms with Gasteiger partial charge >= 0.3 is 0 Å². The van der Waals surface area contributed by atoms with Crippen LogP contribution < -0.4 is 9.62 Å². The highest BCUT2D eigenvalue weighted by atomic mass is 79.9. The summed E-state index contributed by atoms with van der Waals surface area (Å²) in [5, 5.41) is 2.97. The molecule has 0 fully saturated rings. The van der Waals surface area contributed by atoms with Crippen molar-refractivity contribution in [1.82, 2.24) is 10.2 Å². The average Bonchev–Trinajstić information content (AvgIpc) is 2.79. The van der Waals surface area contributed by atoms with E-state index < -0.39 is 28.5 Å². The first-order chi connectivity index (χ1) is 16.1. The molecule has 0 spiro atoms. The number of rotatable bonds is 12. The van der Waals surface area contributed by atoms with Gasteiger partial charge in [-0.1, -0.05) is 66.2 Å². The normalized spacial score (nSPS) is 13.1. The molecule has 2 aromatic rings. The van der Waals surface area contributed by atoms with Gasteiger partial charge in [0.15, 0.2) is 0 Å². The molecule has 2 atom stereocenters. The Labute approximate surface area is 211 Å². The third-order valence-electron chi connectivity index (χ3n) is 5.65. The van der Waals surface area contributed by atoms with E-state index in [2.05, 4.69) is 21.2 Å². The number of carbonyl (C=O) groups is 2. The Bertz CT molecular complexity index is 1060. The van der Waals surface area contributed by atoms with Crippen LogP contribution in [0.2, 0.25) is 0 Å². The van der Waals surface area contributed by atoms with Gasteiger partial charge in [-0.3, -0.25) is 13.9 Å². The topological polar surface area (TPSA) is 86.8 Å². The van der Waals surface area contributed by atoms with Crippen molar-refractivity contribution in [2.75, 3.05) is 23.7 Å². The third-order valence-corrected chi connectivity index (χ3v) is 7.28. The van der Waals surface area contributed by atoms with Gasteiger partial charge in [0.25, 0.3) is 0 Å². The molecule has 9 heteroatoms. The van der Waals surface area contributed by atoms with E-state index in [1.54, 1.807) is 24.3 Å². The second-order valence-electron chi connectivity index (χ2n) is 8.31. The van der Waals surface area contributed by atoms with Crippen molar-refractivity contribution in [2.24, 2.45) is 0 Å². The molecule has 0 unspecified atom stereocenters. The van der Waals surface area contributed by atoms with Crippen LogP contribution in [0.1, 0.15) is 39.2 Å². The molecule has 0 aromatic heterocycles. The number of nitrogens with zero attached hydrogens (tertiary/aromatic N) is 2. The molecule has 186 valence electrons. The van der Waals surface area contributed by atoms with E-state index in [9.17, 15) is 18.0 Å². The van der Waals surface area contributed by atoms with Crippen molar-refractivity contribution in [3.8, 4) is 0 Å². The maximum absolute atomic E-state index is 13.6. The highest BCUT2D eigenvalue weighted by Crippen LogP contribution is 2.23. The molecule has 0 bridgehead atoms. The largest absolute Gasteiger partial charge is 0.352 e. The zero-order valence-corrected chi connectivity index (χ0v) is 22.6. The lowest BCUT2D eigenvalue weighted by atomic mass is 10.1. The SMILES string of the molecule is CC[C@H](C(=O)N[C@@H](C)CC)N(CCc1ccccc1)C(=O)CN(c1cccc(Br)c1)S(C)(=O)=O. The first kappa shape index (κ1) is 27.9. The molecule has 2 amide bonds. The maximum Gasteiger partial charge on any atom is 0.244 e. The lowest BCUT2D eigenvalue weighted by Crippen LogP contribution is -2.54. The van der Waals surface area contributed by atoms with Gasteiger partial charge in [0.2, 0.25) is 21.8 Å². The highest BCUT2D eigenvalue weighted by molar-refractivity contribution is 9.10. The Morgan fingerprint density at radius 2 is 1.71 bits per heavy atom. The zero-order chi connectivity index (χ0) is 25.3. The van der Waals surface area contributed by atoms with Crippen LogP contribution in [0.15, 0.2) is 59.1 Å². The standard InChI is InChI=1S/C25H34BrN3O4S/c1-5-19(3)27-25(31)23(6-2)28(16-15-20-11-8-7-9-12-20)24(30)18-29(34(4,32)33)22-14-10-13-21(26)17-22/h7-14,17,19,23H,5-6,15-16,18H2,1-4H3,(H,27,31)/t19-,23+/m0/s1. The smallest absolute Gasteiger partial charge is 0.244 e. The van der Waals surface area contributed by atoms with Gasteiger partial charge < -0.3 is 10.2 Å². The van der Waals surface area contributed by atoms with Gasteiger partial charge in [0, 0.05) is 17.1 Å². The summed E-state index contributed by atoms with van der Waals surface area (Å²) in [6.45, 7) is 5.65. The Morgan fingerprint density at radius 1 is 1.03 bits per heavy atom. The zero-order valence-electron chi connectivity index (χ0n) is 20.2. The Balaban J connectivity index is 2.36. The summed E-state index contributed by atoms with van der Waals surface area (Å²) in [4.78, 5) is 28.1. The lowest BCUT2D eigenvalue weighted by Gasteiger charge is -2.33. The second-order valence-corrected chi connectivity index (χ2v) is 11.1. The summed E-state index contributed by atoms with van der Waals surface area (Å²) in [6, 6.07) is 15.8. The van der Waals surface area contributed by atoms with Crippen molar-refractivity contribution in [3.05, 3.63) is 64.6 Å². The minimum atomic E-state index is -3.74. The van der Waals surface area contributed by atoms with Crippen LogP contribution in [0.3, 0.4) is 0 Å². The Hall–Kier alpha value is -2.39. The molecule has 0 aliphatic rings. The Kier molecular flexibility index (Phi) is 10.6. The van der Waals surface area contributed by atoms with Crippen molar-refractivity contribution >= 4 is 43.5 Å². The molecular formula is C25H34BrN3O4S. The summed E-state index contributed by atoms with van der Waals surface area (Å²) >= 11 is 3.36. The molecule has 0 saturated heterocycles. The minimum Gasteiger partial charge on any atom is -0.352 e.